The van der Waals surface area contributed by atoms with E-state index >= 15 is 0 Å². The molecule has 0 radical (unpaired) electrons. The van der Waals surface area contributed by atoms with Crippen molar-refractivity contribution >= 4 is 5.91 Å². The third-order valence-corrected chi connectivity index (χ3v) is 19.2. The molecule has 3 rings (SSSR count). The van der Waals surface area contributed by atoms with Crippen molar-refractivity contribution in [2.75, 3.05) is 26.4 Å². The minimum absolute atomic E-state index is 0.234. The van der Waals surface area contributed by atoms with Crippen LogP contribution in [-0.4, -0.2) is 193 Å². The number of aliphatic hydroxyl groups is 11. The first-order valence-electron chi connectivity index (χ1n) is 37.3. The van der Waals surface area contributed by atoms with Gasteiger partial charge in [-0.15, -0.1) is 0 Å². The number of rotatable bonds is 59. The maximum atomic E-state index is 13.5. The van der Waals surface area contributed by atoms with Gasteiger partial charge in [-0.2, -0.15) is 0 Å². The number of unbranched alkanes of at least 4 members (excludes halogenated alkanes) is 43. The first kappa shape index (κ1) is 83.0. The molecule has 0 bridgehead atoms. The Morgan fingerprint density at radius 1 is 0.356 bits per heavy atom. The first-order valence-corrected chi connectivity index (χ1v) is 37.3. The number of hydrogen-bond acceptors (Lipinski definition) is 18. The van der Waals surface area contributed by atoms with E-state index in [9.17, 15) is 61.0 Å². The standard InChI is InChI=1S/C71H137NO18/c1-3-5-7-9-11-13-15-17-19-21-23-25-27-29-31-33-35-37-39-41-43-45-47-49-59(77)72-54(55(76)48-46-44-42-40-38-36-34-32-30-28-26-24-22-20-18-16-14-12-10-8-6-4-2)53-85-69-65(83)62(80)67(57(51-74)87-69)90-71-66(84)63(81)68(58(52-75)88-71)89-70-64(82)61(79)60(78)56(50-73)86-70/h54-58,60-71,73-76,78-84H,3-53H2,1-2H3,(H,72,77). The van der Waals surface area contributed by atoms with E-state index in [1.807, 2.05) is 0 Å². The monoisotopic (exact) mass is 1290 g/mol. The Balaban J connectivity index is 1.41. The van der Waals surface area contributed by atoms with E-state index < -0.39 is 124 Å². The highest BCUT2D eigenvalue weighted by Gasteiger charge is 2.53. The zero-order chi connectivity index (χ0) is 65.4. The molecule has 19 nitrogen and oxygen atoms in total. The zero-order valence-electron chi connectivity index (χ0n) is 56.7. The molecule has 0 spiro atoms. The van der Waals surface area contributed by atoms with Gasteiger partial charge in [0.15, 0.2) is 18.9 Å². The molecule has 3 aliphatic heterocycles. The van der Waals surface area contributed by atoms with Gasteiger partial charge >= 0.3 is 0 Å². The highest BCUT2D eigenvalue weighted by Crippen LogP contribution is 2.33. The molecule has 17 unspecified atom stereocenters. The van der Waals surface area contributed by atoms with Crippen LogP contribution in [0.4, 0.5) is 0 Å². The fourth-order valence-corrected chi connectivity index (χ4v) is 13.1. The summed E-state index contributed by atoms with van der Waals surface area (Å²) in [5, 5.41) is 121. The largest absolute Gasteiger partial charge is 0.394 e. The van der Waals surface area contributed by atoms with Crippen LogP contribution in [0.1, 0.15) is 316 Å². The average molecular weight is 1290 g/mol. The van der Waals surface area contributed by atoms with Crippen molar-refractivity contribution in [3.8, 4) is 0 Å². The third kappa shape index (κ3) is 35.2. The number of ether oxygens (including phenoxy) is 6. The van der Waals surface area contributed by atoms with E-state index in [2.05, 4.69) is 19.2 Å². The minimum Gasteiger partial charge on any atom is -0.394 e. The predicted octanol–water partition coefficient (Wildman–Crippen LogP) is 10.7. The molecule has 3 aliphatic rings. The van der Waals surface area contributed by atoms with E-state index in [1.54, 1.807) is 0 Å². The number of aliphatic hydroxyl groups excluding tert-OH is 11. The van der Waals surface area contributed by atoms with Gasteiger partial charge in [0.25, 0.3) is 0 Å². The van der Waals surface area contributed by atoms with Crippen molar-refractivity contribution in [2.24, 2.45) is 0 Å². The van der Waals surface area contributed by atoms with Crippen LogP contribution in [0, 0.1) is 0 Å². The van der Waals surface area contributed by atoms with Gasteiger partial charge in [0, 0.05) is 6.42 Å². The van der Waals surface area contributed by atoms with Crippen LogP contribution in [0.5, 0.6) is 0 Å². The molecule has 90 heavy (non-hydrogen) atoms. The summed E-state index contributed by atoms with van der Waals surface area (Å²) < 4.78 is 34.5. The van der Waals surface area contributed by atoms with E-state index in [0.717, 1.165) is 44.9 Å². The maximum Gasteiger partial charge on any atom is 0.220 e. The number of amides is 1. The topological polar surface area (TPSA) is 307 Å². The first-order chi connectivity index (χ1) is 43.8. The molecule has 1 amide bonds. The highest BCUT2D eigenvalue weighted by molar-refractivity contribution is 5.76. The van der Waals surface area contributed by atoms with Crippen molar-refractivity contribution in [1.82, 2.24) is 5.32 Å². The van der Waals surface area contributed by atoms with Crippen LogP contribution in [-0.2, 0) is 33.2 Å². The van der Waals surface area contributed by atoms with Crippen molar-refractivity contribution in [3.05, 3.63) is 0 Å². The highest BCUT2D eigenvalue weighted by atomic mass is 16.8. The van der Waals surface area contributed by atoms with Gasteiger partial charge in [-0.1, -0.05) is 296 Å². The van der Waals surface area contributed by atoms with Crippen LogP contribution < -0.4 is 5.32 Å². The summed E-state index contributed by atoms with van der Waals surface area (Å²) in [5.41, 5.74) is 0. The fraction of sp³-hybridized carbons (Fsp3) is 0.986. The van der Waals surface area contributed by atoms with Crippen molar-refractivity contribution in [2.45, 2.75) is 420 Å². The molecule has 0 aliphatic carbocycles. The quantitative estimate of drug-likeness (QED) is 0.0252. The summed E-state index contributed by atoms with van der Waals surface area (Å²) >= 11 is 0. The Labute approximate surface area is 544 Å². The molecule has 534 valence electrons. The Bertz CT molecular complexity index is 1640. The molecule has 3 heterocycles. The molecule has 0 aromatic heterocycles. The molecule has 3 saturated heterocycles. The van der Waals surface area contributed by atoms with Gasteiger partial charge in [0.05, 0.1) is 38.6 Å². The molecular weight excluding hydrogens is 1150 g/mol. The summed E-state index contributed by atoms with van der Waals surface area (Å²) in [5.74, 6) is -0.234. The van der Waals surface area contributed by atoms with Crippen LogP contribution in [0.3, 0.4) is 0 Å². The molecule has 12 N–H and O–H groups in total. The predicted molar refractivity (Wildman–Crippen MR) is 351 cm³/mol. The van der Waals surface area contributed by atoms with Crippen LogP contribution in [0.15, 0.2) is 0 Å². The van der Waals surface area contributed by atoms with Crippen LogP contribution >= 0.6 is 0 Å². The number of carbonyl (C=O) groups is 1. The second kappa shape index (κ2) is 53.9. The second-order valence-electron chi connectivity index (χ2n) is 27.1. The van der Waals surface area contributed by atoms with Crippen LogP contribution in [0.2, 0.25) is 0 Å². The minimum atomic E-state index is -1.97. The molecule has 19 heteroatoms. The lowest BCUT2D eigenvalue weighted by Crippen LogP contribution is -2.66. The number of carbonyl (C=O) groups excluding carboxylic acids is 1. The van der Waals surface area contributed by atoms with Gasteiger partial charge in [0.1, 0.15) is 73.2 Å². The summed E-state index contributed by atoms with van der Waals surface area (Å²) in [7, 11) is 0. The lowest BCUT2D eigenvalue weighted by Gasteiger charge is -2.48. The Morgan fingerprint density at radius 2 is 0.633 bits per heavy atom. The maximum absolute atomic E-state index is 13.5. The SMILES string of the molecule is CCCCCCCCCCCCCCCCCCCCCCCCCC(=O)NC(COC1OC(CO)C(OC2OC(CO)C(OC3OC(CO)C(O)C(O)C3O)C(O)C2O)C(O)C1O)C(O)CCCCCCCCCCCCCCCCCCCCCCCC. The van der Waals surface area contributed by atoms with E-state index in [4.69, 9.17) is 28.4 Å². The lowest BCUT2D eigenvalue weighted by atomic mass is 9.96. The van der Waals surface area contributed by atoms with Crippen molar-refractivity contribution in [1.29, 1.82) is 0 Å². The summed E-state index contributed by atoms with van der Waals surface area (Å²) in [6.45, 7) is 1.86. The Morgan fingerprint density at radius 3 is 0.967 bits per heavy atom. The smallest absolute Gasteiger partial charge is 0.220 e. The van der Waals surface area contributed by atoms with Gasteiger partial charge in [-0.05, 0) is 12.8 Å². The molecule has 0 saturated carbocycles. The molecular formula is C71H137NO18. The van der Waals surface area contributed by atoms with Crippen molar-refractivity contribution in [3.63, 3.8) is 0 Å². The summed E-state index contributed by atoms with van der Waals surface area (Å²) in [4.78, 5) is 13.5. The number of hydrogen-bond donors (Lipinski definition) is 12. The number of nitrogens with one attached hydrogen (secondary N) is 1. The molecule has 3 fully saturated rings. The van der Waals surface area contributed by atoms with Gasteiger partial charge < -0.3 is 89.9 Å². The van der Waals surface area contributed by atoms with E-state index in [-0.39, 0.29) is 18.9 Å². The Hall–Kier alpha value is -1.21. The van der Waals surface area contributed by atoms with E-state index in [1.165, 1.54) is 238 Å². The van der Waals surface area contributed by atoms with Gasteiger partial charge in [-0.3, -0.25) is 4.79 Å². The molecule has 0 aromatic carbocycles. The van der Waals surface area contributed by atoms with Crippen molar-refractivity contribution < 1.29 is 89.4 Å². The molecule has 17 atom stereocenters. The van der Waals surface area contributed by atoms with Crippen LogP contribution in [0.25, 0.3) is 0 Å². The molecule has 0 aromatic rings. The normalized spacial score (nSPS) is 27.9. The Kier molecular flexibility index (Phi) is 49.7. The second-order valence-corrected chi connectivity index (χ2v) is 27.1. The summed E-state index contributed by atoms with van der Waals surface area (Å²) in [6.07, 6.45) is 31.8. The third-order valence-electron chi connectivity index (χ3n) is 19.2. The van der Waals surface area contributed by atoms with Gasteiger partial charge in [-0.25, -0.2) is 0 Å². The average Bonchev–Trinajstić information content (AvgIpc) is 0.865. The zero-order valence-corrected chi connectivity index (χ0v) is 56.7. The fourth-order valence-electron chi connectivity index (χ4n) is 13.1. The summed E-state index contributed by atoms with van der Waals surface area (Å²) in [6, 6.07) is -0.882. The van der Waals surface area contributed by atoms with E-state index in [0.29, 0.717) is 12.8 Å². The van der Waals surface area contributed by atoms with Gasteiger partial charge in [0.2, 0.25) is 5.91 Å². The lowest BCUT2D eigenvalue weighted by molar-refractivity contribution is -0.379.